The van der Waals surface area contributed by atoms with Gasteiger partial charge < -0.3 is 4.74 Å². The van der Waals surface area contributed by atoms with E-state index in [4.69, 9.17) is 19.5 Å². The predicted molar refractivity (Wildman–Crippen MR) is 89.2 cm³/mol. The molecule has 0 aliphatic heterocycles. The van der Waals surface area contributed by atoms with Gasteiger partial charge in [0.1, 0.15) is 4.88 Å². The van der Waals surface area contributed by atoms with Gasteiger partial charge in [0.2, 0.25) is 0 Å². The molecule has 1 aromatic rings. The maximum absolute atomic E-state index is 12.6. The number of ether oxygens (including phenoxy) is 1. The summed E-state index contributed by atoms with van der Waals surface area (Å²) in [6, 6.07) is 3.04. The fourth-order valence-electron chi connectivity index (χ4n) is 1.34. The average molecular weight is 359 g/mol. The zero-order valence-electron chi connectivity index (χ0n) is 15.2. The van der Waals surface area contributed by atoms with Crippen LogP contribution < -0.4 is 0 Å². The predicted octanol–water partition coefficient (Wildman–Crippen LogP) is 3.76. The minimum atomic E-state index is -0.682. The molecule has 1 rings (SSSR count). The van der Waals surface area contributed by atoms with E-state index in [1.165, 1.54) is 12.1 Å². The molecule has 0 bridgehead atoms. The van der Waals surface area contributed by atoms with Crippen LogP contribution in [0.5, 0.6) is 0 Å². The van der Waals surface area contributed by atoms with Crippen molar-refractivity contribution in [2.75, 3.05) is 6.61 Å². The summed E-state index contributed by atoms with van der Waals surface area (Å²) in [5.74, 6) is -1.05. The van der Waals surface area contributed by atoms with Crippen molar-refractivity contribution in [3.8, 4) is 0 Å². The molecule has 0 unspecified atom stereocenters. The molecule has 136 valence electrons. The van der Waals surface area contributed by atoms with E-state index < -0.39 is 23.1 Å². The van der Waals surface area contributed by atoms with Gasteiger partial charge in [0.05, 0.1) is 22.7 Å². The molecule has 0 fully saturated rings. The molecule has 7 nitrogen and oxygen atoms in total. The number of hydroxylamine groups is 2. The summed E-state index contributed by atoms with van der Waals surface area (Å²) in [4.78, 5) is 40.6. The van der Waals surface area contributed by atoms with Gasteiger partial charge in [-0.15, -0.1) is 11.3 Å². The van der Waals surface area contributed by atoms with Crippen molar-refractivity contribution >= 4 is 23.2 Å². The van der Waals surface area contributed by atoms with Gasteiger partial charge in [0.15, 0.2) is 0 Å². The topological polar surface area (TPSA) is 74.3 Å². The summed E-state index contributed by atoms with van der Waals surface area (Å²) in [6.07, 6.45) is 0. The zero-order valence-corrected chi connectivity index (χ0v) is 16.0. The van der Waals surface area contributed by atoms with E-state index in [2.05, 4.69) is 0 Å². The fraction of sp³-hybridized carbons (Fsp3) is 0.625. The SMILES string of the molecule is CCOC(=O)c1ccc(C(=O)N(OOC(C)(C)C)OC(C)(C)C)s1. The van der Waals surface area contributed by atoms with E-state index in [1.807, 2.05) is 0 Å². The maximum Gasteiger partial charge on any atom is 0.348 e. The minimum Gasteiger partial charge on any atom is -0.462 e. The third-order valence-electron chi connectivity index (χ3n) is 2.17. The number of carbonyl (C=O) groups is 2. The lowest BCUT2D eigenvalue weighted by Crippen LogP contribution is -2.40. The molecular weight excluding hydrogens is 334 g/mol. The first kappa shape index (κ1) is 20.6. The quantitative estimate of drug-likeness (QED) is 0.437. The summed E-state index contributed by atoms with van der Waals surface area (Å²) < 4.78 is 4.91. The van der Waals surface area contributed by atoms with Crippen molar-refractivity contribution < 1.29 is 29.0 Å². The second kappa shape index (κ2) is 8.06. The lowest BCUT2D eigenvalue weighted by Gasteiger charge is -2.29. The Morgan fingerprint density at radius 1 is 1.04 bits per heavy atom. The highest BCUT2D eigenvalue weighted by molar-refractivity contribution is 7.15. The van der Waals surface area contributed by atoms with E-state index >= 15 is 0 Å². The Labute approximate surface area is 146 Å². The van der Waals surface area contributed by atoms with Gasteiger partial charge in [-0.3, -0.25) is 4.79 Å². The molecule has 0 aromatic carbocycles. The van der Waals surface area contributed by atoms with E-state index in [0.29, 0.717) is 10.1 Å². The Kier molecular flexibility index (Phi) is 6.91. The molecule has 1 amide bonds. The number of thiophene rings is 1. The van der Waals surface area contributed by atoms with Gasteiger partial charge in [-0.25, -0.2) is 14.5 Å². The summed E-state index contributed by atoms with van der Waals surface area (Å²) in [5.41, 5.74) is -1.32. The number of amides is 1. The molecule has 0 aliphatic rings. The van der Waals surface area contributed by atoms with Crippen LogP contribution in [0.4, 0.5) is 0 Å². The number of hydrogen-bond donors (Lipinski definition) is 0. The van der Waals surface area contributed by atoms with Crippen LogP contribution in [0.15, 0.2) is 12.1 Å². The van der Waals surface area contributed by atoms with Crippen LogP contribution in [0.1, 0.15) is 67.8 Å². The first-order valence-corrected chi connectivity index (χ1v) is 8.41. The van der Waals surface area contributed by atoms with Crippen molar-refractivity contribution in [2.24, 2.45) is 0 Å². The first-order valence-electron chi connectivity index (χ1n) is 7.59. The van der Waals surface area contributed by atoms with Gasteiger partial charge in [0.25, 0.3) is 0 Å². The number of carbonyl (C=O) groups excluding carboxylic acids is 2. The molecule has 0 spiro atoms. The van der Waals surface area contributed by atoms with Crippen LogP contribution in [0, 0.1) is 0 Å². The number of esters is 1. The molecule has 0 saturated carbocycles. The highest BCUT2D eigenvalue weighted by Gasteiger charge is 2.29. The van der Waals surface area contributed by atoms with Crippen LogP contribution in [-0.2, 0) is 19.5 Å². The Bertz CT molecular complexity index is 570. The number of hydrogen-bond acceptors (Lipinski definition) is 7. The summed E-state index contributed by atoms with van der Waals surface area (Å²) >= 11 is 0.995. The van der Waals surface area contributed by atoms with Crippen molar-refractivity contribution in [1.29, 1.82) is 0 Å². The molecule has 1 aromatic heterocycles. The maximum atomic E-state index is 12.6. The summed E-state index contributed by atoms with van der Waals surface area (Å²) in [7, 11) is 0. The molecule has 0 atom stereocenters. The van der Waals surface area contributed by atoms with Crippen LogP contribution in [0.25, 0.3) is 0 Å². The van der Waals surface area contributed by atoms with Crippen molar-refractivity contribution in [3.63, 3.8) is 0 Å². The number of rotatable bonds is 6. The second-order valence-electron chi connectivity index (χ2n) is 6.92. The highest BCUT2D eigenvalue weighted by Crippen LogP contribution is 2.22. The van der Waals surface area contributed by atoms with Gasteiger partial charge in [-0.1, -0.05) is 10.2 Å². The normalized spacial score (nSPS) is 12.1. The zero-order chi connectivity index (χ0) is 18.5. The third-order valence-corrected chi connectivity index (χ3v) is 3.22. The summed E-state index contributed by atoms with van der Waals surface area (Å²) in [5, 5.41) is 0.687. The van der Waals surface area contributed by atoms with Gasteiger partial charge in [0, 0.05) is 0 Å². The Morgan fingerprint density at radius 2 is 1.62 bits per heavy atom. The first-order chi connectivity index (χ1) is 10.9. The van der Waals surface area contributed by atoms with E-state index in [9.17, 15) is 9.59 Å². The molecule has 0 N–H and O–H groups in total. The molecule has 0 radical (unpaired) electrons. The van der Waals surface area contributed by atoms with Crippen molar-refractivity contribution in [1.82, 2.24) is 5.23 Å². The smallest absolute Gasteiger partial charge is 0.348 e. The number of nitrogens with zero attached hydrogens (tertiary/aromatic N) is 1. The van der Waals surface area contributed by atoms with Gasteiger partial charge in [-0.2, -0.15) is 0 Å². The van der Waals surface area contributed by atoms with Gasteiger partial charge >= 0.3 is 11.9 Å². The molecule has 24 heavy (non-hydrogen) atoms. The fourth-order valence-corrected chi connectivity index (χ4v) is 2.15. The molecule has 8 heteroatoms. The van der Waals surface area contributed by atoms with Crippen molar-refractivity contribution in [2.45, 2.75) is 59.7 Å². The molecule has 1 heterocycles. The third kappa shape index (κ3) is 6.96. The standard InChI is InChI=1S/C16H25NO6S/c1-8-20-14(19)12-10-9-11(24-12)13(18)17(21-15(2,3)4)23-22-16(5,6)7/h9-10H,8H2,1-7H3. The van der Waals surface area contributed by atoms with Crippen molar-refractivity contribution in [3.05, 3.63) is 21.9 Å². The van der Waals surface area contributed by atoms with E-state index in [0.717, 1.165) is 11.3 Å². The van der Waals surface area contributed by atoms with Crippen LogP contribution in [-0.4, -0.2) is 34.9 Å². The Hall–Kier alpha value is -1.48. The average Bonchev–Trinajstić information content (AvgIpc) is 2.90. The monoisotopic (exact) mass is 359 g/mol. The Balaban J connectivity index is 2.92. The van der Waals surface area contributed by atoms with Crippen LogP contribution >= 0.6 is 11.3 Å². The second-order valence-corrected chi connectivity index (χ2v) is 8.00. The largest absolute Gasteiger partial charge is 0.462 e. The molecule has 0 aliphatic carbocycles. The van der Waals surface area contributed by atoms with E-state index in [1.54, 1.807) is 48.5 Å². The Morgan fingerprint density at radius 3 is 2.12 bits per heavy atom. The molecule has 0 saturated heterocycles. The summed E-state index contributed by atoms with van der Waals surface area (Å²) in [6.45, 7) is 12.6. The molecular formula is C16H25NO6S. The lowest BCUT2D eigenvalue weighted by atomic mass is 10.2. The lowest BCUT2D eigenvalue weighted by molar-refractivity contribution is -0.531. The van der Waals surface area contributed by atoms with Crippen LogP contribution in [0.3, 0.4) is 0 Å². The van der Waals surface area contributed by atoms with Gasteiger partial charge in [-0.05, 0) is 60.6 Å². The van der Waals surface area contributed by atoms with Crippen LogP contribution in [0.2, 0.25) is 0 Å². The highest BCUT2D eigenvalue weighted by atomic mass is 32.1. The van der Waals surface area contributed by atoms with E-state index in [-0.39, 0.29) is 11.5 Å². The minimum absolute atomic E-state index is 0.264.